The van der Waals surface area contributed by atoms with Crippen LogP contribution in [0, 0.1) is 5.82 Å². The van der Waals surface area contributed by atoms with Gasteiger partial charge in [0.25, 0.3) is 5.91 Å². The topological polar surface area (TPSA) is 60.5 Å². The van der Waals surface area contributed by atoms with Crippen LogP contribution in [0.3, 0.4) is 0 Å². The number of nitrogens with one attached hydrogen (secondary N) is 1. The van der Waals surface area contributed by atoms with Crippen LogP contribution in [0.5, 0.6) is 0 Å². The zero-order valence-electron chi connectivity index (χ0n) is 22.6. The zero-order valence-corrected chi connectivity index (χ0v) is 23.6. The molecule has 2 heterocycles. The normalized spacial score (nSPS) is 15.5. The van der Waals surface area contributed by atoms with Crippen molar-refractivity contribution in [1.29, 1.82) is 0 Å². The number of aromatic nitrogens is 1. The summed E-state index contributed by atoms with van der Waals surface area (Å²) < 4.78 is 65.4. The van der Waals surface area contributed by atoms with Crippen LogP contribution in [0.15, 0.2) is 60.8 Å². The first kappa shape index (κ1) is 28.9. The molecule has 0 bridgehead atoms. The molecule has 3 aromatic rings. The lowest BCUT2D eigenvalue weighted by Crippen LogP contribution is -2.59. The number of ether oxygens (including phenoxy) is 1. The molecule has 0 unspecified atom stereocenters. The summed E-state index contributed by atoms with van der Waals surface area (Å²) in [4.78, 5) is 16.5. The number of halogens is 4. The number of benzene rings is 2. The van der Waals surface area contributed by atoms with Crippen LogP contribution in [0.1, 0.15) is 48.0 Å². The molecule has 0 saturated carbocycles. The van der Waals surface area contributed by atoms with Crippen LogP contribution >= 0.6 is 0 Å². The van der Waals surface area contributed by atoms with Crippen molar-refractivity contribution in [2.45, 2.75) is 57.2 Å². The van der Waals surface area contributed by atoms with E-state index in [1.54, 1.807) is 12.1 Å². The average molecular weight is 561 g/mol. The molecule has 1 aliphatic heterocycles. The summed E-state index contributed by atoms with van der Waals surface area (Å²) in [5.74, 6) is -0.796. The minimum absolute atomic E-state index is 0.0324. The number of hydrogen-bond acceptors (Lipinski definition) is 4. The number of amides is 1. The monoisotopic (exact) mass is 560 g/mol. The van der Waals surface area contributed by atoms with Crippen molar-refractivity contribution in [2.24, 2.45) is 0 Å². The Hall–Kier alpha value is -3.08. The van der Waals surface area contributed by atoms with Gasteiger partial charge >= 0.3 is 6.18 Å². The molecule has 1 amide bonds. The number of rotatable bonds is 7. The lowest BCUT2D eigenvalue weighted by molar-refractivity contribution is -0.141. The van der Waals surface area contributed by atoms with Gasteiger partial charge in [-0.05, 0) is 65.2 Å². The highest BCUT2D eigenvalue weighted by molar-refractivity contribution is 6.74. The first-order valence-corrected chi connectivity index (χ1v) is 15.5. The van der Waals surface area contributed by atoms with Crippen LogP contribution < -0.4 is 5.32 Å². The maximum atomic E-state index is 13.5. The smallest absolute Gasteiger partial charge is 0.413 e. The molecule has 1 aliphatic rings. The fourth-order valence-corrected chi connectivity index (χ4v) is 4.93. The van der Waals surface area contributed by atoms with E-state index in [0.717, 1.165) is 11.6 Å². The number of nitrogens with zero attached hydrogens (tertiary/aromatic N) is 1. The first-order valence-electron chi connectivity index (χ1n) is 12.6. The molecule has 1 fully saturated rings. The molecule has 0 atom stereocenters. The third-order valence-corrected chi connectivity index (χ3v) is 12.1. The largest absolute Gasteiger partial charge is 0.433 e. The van der Waals surface area contributed by atoms with Gasteiger partial charge < -0.3 is 14.5 Å². The number of hydrogen-bond donors (Lipinski definition) is 1. The molecule has 0 spiro atoms. The van der Waals surface area contributed by atoms with E-state index in [0.29, 0.717) is 22.3 Å². The molecule has 1 N–H and O–H groups in total. The van der Waals surface area contributed by atoms with Crippen molar-refractivity contribution in [3.05, 3.63) is 89.0 Å². The van der Waals surface area contributed by atoms with E-state index in [4.69, 9.17) is 9.16 Å². The van der Waals surface area contributed by atoms with Gasteiger partial charge in [0.1, 0.15) is 17.1 Å². The summed E-state index contributed by atoms with van der Waals surface area (Å²) >= 11 is 0. The first-order chi connectivity index (χ1) is 18.1. The molecule has 0 radical (unpaired) electrons. The van der Waals surface area contributed by atoms with Crippen molar-refractivity contribution >= 4 is 14.2 Å². The molecule has 1 aromatic heterocycles. The lowest BCUT2D eigenvalue weighted by Gasteiger charge is -2.42. The second-order valence-electron chi connectivity index (χ2n) is 11.4. The van der Waals surface area contributed by atoms with Crippen molar-refractivity contribution in [3.8, 4) is 11.1 Å². The van der Waals surface area contributed by atoms with Gasteiger partial charge in [0.2, 0.25) is 0 Å². The predicted octanol–water partition coefficient (Wildman–Crippen LogP) is 7.08. The zero-order chi connectivity index (χ0) is 28.6. The summed E-state index contributed by atoms with van der Waals surface area (Å²) in [5, 5.41) is 2.88. The summed E-state index contributed by atoms with van der Waals surface area (Å²) in [6.07, 6.45) is -3.34. The SMILES string of the molecule is CC(C)(C)[Si](C)(C)OCc1cc(C(F)(F)F)ncc1-c1ccc(C2(NC(=O)c3ccc(F)cc3)COC2)cc1. The van der Waals surface area contributed by atoms with Gasteiger partial charge in [-0.3, -0.25) is 9.78 Å². The van der Waals surface area contributed by atoms with Crippen LogP contribution in [0.2, 0.25) is 18.1 Å². The molecular weight excluding hydrogens is 528 g/mol. The van der Waals surface area contributed by atoms with E-state index in [9.17, 15) is 22.4 Å². The van der Waals surface area contributed by atoms with Crippen molar-refractivity contribution < 1.29 is 31.5 Å². The van der Waals surface area contributed by atoms with Gasteiger partial charge in [-0.1, -0.05) is 45.0 Å². The molecular formula is C29H32F4N2O3Si. The molecule has 39 heavy (non-hydrogen) atoms. The highest BCUT2D eigenvalue weighted by Gasteiger charge is 2.42. The highest BCUT2D eigenvalue weighted by Crippen LogP contribution is 2.39. The molecule has 2 aromatic carbocycles. The van der Waals surface area contributed by atoms with Gasteiger partial charge in [-0.25, -0.2) is 4.39 Å². The molecule has 5 nitrogen and oxygen atoms in total. The molecule has 4 rings (SSSR count). The molecule has 208 valence electrons. The van der Waals surface area contributed by atoms with E-state index in [1.807, 2.05) is 25.2 Å². The Bertz CT molecular complexity index is 1330. The third kappa shape index (κ3) is 6.23. The minimum Gasteiger partial charge on any atom is -0.413 e. The lowest BCUT2D eigenvalue weighted by atomic mass is 9.86. The Balaban J connectivity index is 1.62. The summed E-state index contributed by atoms with van der Waals surface area (Å²) in [7, 11) is -2.23. The second kappa shape index (κ2) is 10.5. The number of alkyl halides is 3. The van der Waals surface area contributed by atoms with Gasteiger partial charge in [-0.15, -0.1) is 0 Å². The number of carbonyl (C=O) groups is 1. The van der Waals surface area contributed by atoms with Crippen LogP contribution in [-0.2, 0) is 27.5 Å². The number of carbonyl (C=O) groups excluding carboxylic acids is 1. The summed E-state index contributed by atoms with van der Waals surface area (Å²) in [6.45, 7) is 10.9. The molecule has 10 heteroatoms. The Labute approximate surface area is 226 Å². The minimum atomic E-state index is -4.58. The maximum Gasteiger partial charge on any atom is 0.433 e. The van der Waals surface area contributed by atoms with Crippen LogP contribution in [0.25, 0.3) is 11.1 Å². The summed E-state index contributed by atoms with van der Waals surface area (Å²) in [5.41, 5.74) is 0.994. The molecule has 1 saturated heterocycles. The van der Waals surface area contributed by atoms with E-state index < -0.39 is 31.5 Å². The van der Waals surface area contributed by atoms with Crippen LogP contribution in [0.4, 0.5) is 17.6 Å². The van der Waals surface area contributed by atoms with E-state index in [2.05, 4.69) is 31.1 Å². The van der Waals surface area contributed by atoms with Gasteiger partial charge in [0, 0.05) is 17.3 Å². The van der Waals surface area contributed by atoms with E-state index in [1.165, 1.54) is 30.5 Å². The fraction of sp³-hybridized carbons (Fsp3) is 0.379. The standard InChI is InChI=1S/C29H32F4N2O3Si/c1-27(2,3)39(4,5)38-16-21-14-25(29(31,32)33)34-15-24(21)19-6-10-22(11-7-19)28(17-37-18-28)35-26(36)20-8-12-23(30)13-9-20/h6-15H,16-18H2,1-5H3,(H,35,36). The van der Waals surface area contributed by atoms with Gasteiger partial charge in [-0.2, -0.15) is 13.2 Å². The summed E-state index contributed by atoms with van der Waals surface area (Å²) in [6, 6.07) is 13.5. The predicted molar refractivity (Wildman–Crippen MR) is 143 cm³/mol. The van der Waals surface area contributed by atoms with Crippen molar-refractivity contribution in [1.82, 2.24) is 10.3 Å². The Kier molecular flexibility index (Phi) is 7.77. The van der Waals surface area contributed by atoms with Crippen LogP contribution in [-0.4, -0.2) is 32.4 Å². The van der Waals surface area contributed by atoms with Gasteiger partial charge in [0.15, 0.2) is 8.32 Å². The number of pyridine rings is 1. The highest BCUT2D eigenvalue weighted by atomic mass is 28.4. The maximum absolute atomic E-state index is 13.5. The molecule has 0 aliphatic carbocycles. The quantitative estimate of drug-likeness (QED) is 0.248. The van der Waals surface area contributed by atoms with E-state index in [-0.39, 0.29) is 30.8 Å². The van der Waals surface area contributed by atoms with Crippen molar-refractivity contribution in [2.75, 3.05) is 13.2 Å². The third-order valence-electron chi connectivity index (χ3n) is 7.58. The van der Waals surface area contributed by atoms with E-state index >= 15 is 0 Å². The Morgan fingerprint density at radius 2 is 1.67 bits per heavy atom. The average Bonchev–Trinajstić information content (AvgIpc) is 2.84. The Morgan fingerprint density at radius 1 is 1.05 bits per heavy atom. The van der Waals surface area contributed by atoms with Crippen molar-refractivity contribution in [3.63, 3.8) is 0 Å². The van der Waals surface area contributed by atoms with Gasteiger partial charge in [0.05, 0.1) is 19.8 Å². The second-order valence-corrected chi connectivity index (χ2v) is 16.2. The fourth-order valence-electron chi connectivity index (χ4n) is 3.98. The Morgan fingerprint density at radius 3 is 2.18 bits per heavy atom.